The van der Waals surface area contributed by atoms with Crippen LogP contribution in [0.25, 0.3) is 0 Å². The number of pyridine rings is 1. The Morgan fingerprint density at radius 1 is 1.45 bits per heavy atom. The van der Waals surface area contributed by atoms with Gasteiger partial charge in [-0.3, -0.25) is 0 Å². The molecule has 1 rings (SSSR count). The van der Waals surface area contributed by atoms with Gasteiger partial charge in [0.05, 0.1) is 5.03 Å². The Morgan fingerprint density at radius 3 is 2.82 bits per heavy atom. The Hall–Kier alpha value is -0.515. The van der Waals surface area contributed by atoms with E-state index in [2.05, 4.69) is 4.98 Å². The monoisotopic (exact) mass is 169 g/mol. The lowest BCUT2D eigenvalue weighted by Gasteiger charge is -1.97. The van der Waals surface area contributed by atoms with Crippen molar-refractivity contribution in [2.75, 3.05) is 5.65 Å². The average molecular weight is 169 g/mol. The molecule has 0 bridgehead atoms. The molecule has 2 N–H and O–H groups in total. The largest absolute Gasteiger partial charge is 0.462 e. The van der Waals surface area contributed by atoms with Crippen LogP contribution in [0.4, 0.5) is 0 Å². The van der Waals surface area contributed by atoms with Gasteiger partial charge in [-0.25, -0.2) is 4.98 Å². The zero-order chi connectivity index (χ0) is 8.10. The van der Waals surface area contributed by atoms with Crippen LogP contribution in [0, 0.1) is 0 Å². The number of nitrogens with zero attached hydrogens (tertiary/aromatic N) is 1. The molecule has 0 saturated carbocycles. The van der Waals surface area contributed by atoms with Crippen LogP contribution >= 0.6 is 11.8 Å². The summed E-state index contributed by atoms with van der Waals surface area (Å²) in [5, 5.41) is 17.8. The third kappa shape index (κ3) is 3.41. The van der Waals surface area contributed by atoms with Gasteiger partial charge in [-0.05, 0) is 12.1 Å². The summed E-state index contributed by atoms with van der Waals surface area (Å²) in [6, 6.07) is 5.51. The molecular weight excluding hydrogens is 161 g/mol. The highest BCUT2D eigenvalue weighted by molar-refractivity contribution is 8.00. The quantitative estimate of drug-likeness (QED) is 0.500. The lowest BCUT2D eigenvalue weighted by Crippen LogP contribution is -2.14. The van der Waals surface area contributed by atoms with Crippen LogP contribution in [0.15, 0.2) is 29.4 Å². The summed E-state index contributed by atoms with van der Waals surface area (Å²) < 4.78 is 0. The van der Waals surface area contributed by atoms with Gasteiger partial charge in [0.1, 0.15) is 0 Å². The molecular formula is C6H8BNO2S. The minimum absolute atomic E-state index is 0.261. The summed E-state index contributed by atoms with van der Waals surface area (Å²) in [6.07, 6.45) is 1.67. The van der Waals surface area contributed by atoms with Crippen LogP contribution in [0.5, 0.6) is 0 Å². The molecule has 11 heavy (non-hydrogen) atoms. The smallest absolute Gasteiger partial charge is 0.427 e. The van der Waals surface area contributed by atoms with Gasteiger partial charge in [-0.1, -0.05) is 6.07 Å². The second kappa shape index (κ2) is 4.38. The first-order chi connectivity index (χ1) is 5.29. The lowest BCUT2D eigenvalue weighted by molar-refractivity contribution is 0.415. The molecule has 0 aromatic carbocycles. The second-order valence-corrected chi connectivity index (χ2v) is 3.00. The third-order valence-corrected chi connectivity index (χ3v) is 2.02. The minimum atomic E-state index is -1.26. The molecule has 0 amide bonds. The first-order valence-electron chi connectivity index (χ1n) is 3.19. The Morgan fingerprint density at radius 2 is 2.27 bits per heavy atom. The summed E-state index contributed by atoms with van der Waals surface area (Å²) in [5.74, 6) is 0. The zero-order valence-electron chi connectivity index (χ0n) is 5.84. The summed E-state index contributed by atoms with van der Waals surface area (Å²) >= 11 is 1.32. The number of thioether (sulfide) groups is 1. The highest BCUT2D eigenvalue weighted by Crippen LogP contribution is 2.12. The Bertz CT molecular complexity index is 207. The normalized spacial score (nSPS) is 9.64. The molecule has 0 aliphatic rings. The van der Waals surface area contributed by atoms with E-state index >= 15 is 0 Å². The van der Waals surface area contributed by atoms with Crippen LogP contribution in [0.2, 0.25) is 0 Å². The van der Waals surface area contributed by atoms with Crippen LogP contribution in [-0.2, 0) is 0 Å². The van der Waals surface area contributed by atoms with E-state index in [9.17, 15) is 0 Å². The highest BCUT2D eigenvalue weighted by atomic mass is 32.2. The van der Waals surface area contributed by atoms with E-state index in [0.29, 0.717) is 0 Å². The molecule has 1 aromatic rings. The topological polar surface area (TPSA) is 53.4 Å². The predicted octanol–water partition coefficient (Wildman–Crippen LogP) is 0.186. The fourth-order valence-corrected chi connectivity index (χ4v) is 1.22. The van der Waals surface area contributed by atoms with Gasteiger partial charge < -0.3 is 10.0 Å². The molecule has 1 heterocycles. The maximum absolute atomic E-state index is 8.52. The van der Waals surface area contributed by atoms with E-state index in [4.69, 9.17) is 10.0 Å². The SMILES string of the molecule is OB(O)CSc1ccccn1. The maximum Gasteiger partial charge on any atom is 0.462 e. The third-order valence-electron chi connectivity index (χ3n) is 1.02. The Balaban J connectivity index is 2.39. The van der Waals surface area contributed by atoms with E-state index in [1.165, 1.54) is 11.8 Å². The Labute approximate surface area is 69.6 Å². The molecule has 0 fully saturated rings. The standard InChI is InChI=1S/C6H8BNO2S/c9-7(10)5-11-6-3-1-2-4-8-6/h1-4,9-10H,5H2. The molecule has 58 valence electrons. The molecule has 0 spiro atoms. The van der Waals surface area contributed by atoms with E-state index in [-0.39, 0.29) is 5.65 Å². The first kappa shape index (κ1) is 8.58. The van der Waals surface area contributed by atoms with Crippen molar-refractivity contribution < 1.29 is 10.0 Å². The lowest BCUT2D eigenvalue weighted by atomic mass is 9.98. The predicted molar refractivity (Wildman–Crippen MR) is 45.2 cm³/mol. The Kier molecular flexibility index (Phi) is 3.42. The second-order valence-electron chi connectivity index (χ2n) is 1.96. The van der Waals surface area contributed by atoms with Crippen molar-refractivity contribution >= 4 is 18.9 Å². The average Bonchev–Trinajstić information content (AvgIpc) is 2.03. The van der Waals surface area contributed by atoms with Crippen molar-refractivity contribution in [3.05, 3.63) is 24.4 Å². The van der Waals surface area contributed by atoms with Crippen LogP contribution in [0.3, 0.4) is 0 Å². The summed E-state index contributed by atoms with van der Waals surface area (Å²) in [6.45, 7) is 0. The van der Waals surface area contributed by atoms with E-state index in [1.54, 1.807) is 6.20 Å². The van der Waals surface area contributed by atoms with Crippen molar-refractivity contribution in [3.8, 4) is 0 Å². The van der Waals surface area contributed by atoms with Crippen molar-refractivity contribution in [1.82, 2.24) is 4.98 Å². The van der Waals surface area contributed by atoms with Gasteiger partial charge in [0.2, 0.25) is 0 Å². The van der Waals surface area contributed by atoms with Gasteiger partial charge in [0, 0.05) is 11.8 Å². The van der Waals surface area contributed by atoms with Gasteiger partial charge in [0.15, 0.2) is 0 Å². The zero-order valence-corrected chi connectivity index (χ0v) is 6.66. The number of hydrogen-bond donors (Lipinski definition) is 2. The van der Waals surface area contributed by atoms with Crippen LogP contribution in [-0.4, -0.2) is 27.8 Å². The molecule has 5 heteroatoms. The maximum atomic E-state index is 8.52. The molecule has 3 nitrogen and oxygen atoms in total. The first-order valence-corrected chi connectivity index (χ1v) is 4.17. The summed E-state index contributed by atoms with van der Waals surface area (Å²) in [5.41, 5.74) is 0.261. The summed E-state index contributed by atoms with van der Waals surface area (Å²) in [7, 11) is -1.26. The van der Waals surface area contributed by atoms with Crippen LogP contribution in [0.1, 0.15) is 0 Å². The van der Waals surface area contributed by atoms with Crippen molar-refractivity contribution in [1.29, 1.82) is 0 Å². The molecule has 0 atom stereocenters. The van der Waals surface area contributed by atoms with Crippen molar-refractivity contribution in [2.24, 2.45) is 0 Å². The number of rotatable bonds is 3. The van der Waals surface area contributed by atoms with Crippen molar-refractivity contribution in [2.45, 2.75) is 5.03 Å². The molecule has 0 aliphatic carbocycles. The van der Waals surface area contributed by atoms with Crippen molar-refractivity contribution in [3.63, 3.8) is 0 Å². The molecule has 1 aromatic heterocycles. The van der Waals surface area contributed by atoms with E-state index in [1.807, 2.05) is 18.2 Å². The molecule has 0 saturated heterocycles. The van der Waals surface area contributed by atoms with Gasteiger partial charge in [-0.15, -0.1) is 11.8 Å². The van der Waals surface area contributed by atoms with Gasteiger partial charge in [-0.2, -0.15) is 0 Å². The number of aromatic nitrogens is 1. The molecule has 0 radical (unpaired) electrons. The van der Waals surface area contributed by atoms with Gasteiger partial charge >= 0.3 is 7.12 Å². The highest BCUT2D eigenvalue weighted by Gasteiger charge is 2.06. The van der Waals surface area contributed by atoms with E-state index < -0.39 is 7.12 Å². The minimum Gasteiger partial charge on any atom is -0.427 e. The van der Waals surface area contributed by atoms with E-state index in [0.717, 1.165) is 5.03 Å². The number of hydrogen-bond acceptors (Lipinski definition) is 4. The fraction of sp³-hybridized carbons (Fsp3) is 0.167. The molecule has 0 unspecified atom stereocenters. The fourth-order valence-electron chi connectivity index (χ4n) is 0.592. The van der Waals surface area contributed by atoms with Crippen LogP contribution < -0.4 is 0 Å². The van der Waals surface area contributed by atoms with Gasteiger partial charge in [0.25, 0.3) is 0 Å². The summed E-state index contributed by atoms with van der Waals surface area (Å²) in [4.78, 5) is 3.99. The molecule has 0 aliphatic heterocycles.